The van der Waals surface area contributed by atoms with Crippen molar-refractivity contribution in [2.45, 2.75) is 0 Å². The van der Waals surface area contributed by atoms with Gasteiger partial charge in [0.2, 0.25) is 0 Å². The molecular weight excluding hydrogens is 515 g/mol. The zero-order chi connectivity index (χ0) is 22.4. The third-order valence-corrected chi connectivity index (χ3v) is 4.97. The number of carbonyl (C=O) groups excluding carboxylic acids is 1. The van der Waals surface area contributed by atoms with Gasteiger partial charge >= 0.3 is 5.97 Å². The van der Waals surface area contributed by atoms with E-state index in [1.54, 1.807) is 24.3 Å². The molecule has 0 saturated heterocycles. The van der Waals surface area contributed by atoms with Gasteiger partial charge in [-0.3, -0.25) is 14.9 Å². The van der Waals surface area contributed by atoms with Crippen LogP contribution in [0.2, 0.25) is 0 Å². The maximum absolute atomic E-state index is 12.4. The van der Waals surface area contributed by atoms with E-state index in [0.717, 1.165) is 3.57 Å². The van der Waals surface area contributed by atoms with Crippen molar-refractivity contribution in [3.63, 3.8) is 0 Å². The van der Waals surface area contributed by atoms with Crippen molar-refractivity contribution < 1.29 is 24.4 Å². The monoisotopic (exact) mass is 530 g/mol. The summed E-state index contributed by atoms with van der Waals surface area (Å²) in [6.07, 6.45) is 1.26. The molecular formula is C22H15IN2O6. The van der Waals surface area contributed by atoms with Gasteiger partial charge in [-0.25, -0.2) is 4.79 Å². The van der Waals surface area contributed by atoms with Gasteiger partial charge in [-0.1, -0.05) is 36.4 Å². The molecule has 156 valence electrons. The van der Waals surface area contributed by atoms with Crippen LogP contribution >= 0.6 is 22.6 Å². The van der Waals surface area contributed by atoms with E-state index in [4.69, 9.17) is 4.74 Å². The number of carbonyl (C=O) groups is 2. The van der Waals surface area contributed by atoms with Crippen LogP contribution in [0.3, 0.4) is 0 Å². The van der Waals surface area contributed by atoms with Gasteiger partial charge in [0, 0.05) is 6.07 Å². The number of hydrogen-bond acceptors (Lipinski definition) is 5. The number of aliphatic carboxylic acids is 1. The van der Waals surface area contributed by atoms with Gasteiger partial charge < -0.3 is 15.2 Å². The van der Waals surface area contributed by atoms with E-state index in [1.165, 1.54) is 30.3 Å². The lowest BCUT2D eigenvalue weighted by molar-refractivity contribution is -0.385. The average Bonchev–Trinajstić information content (AvgIpc) is 2.76. The number of halogens is 1. The SMILES string of the molecule is O=C(O)/C(=C/c1ccc(Oc2ccccc2I)cc1)NC(=O)c1ccccc1[N+](=O)[O-]. The molecule has 31 heavy (non-hydrogen) atoms. The molecule has 0 aliphatic heterocycles. The fourth-order valence-electron chi connectivity index (χ4n) is 2.62. The number of nitrogens with one attached hydrogen (secondary N) is 1. The molecule has 0 bridgehead atoms. The number of ether oxygens (including phenoxy) is 1. The van der Waals surface area contributed by atoms with Crippen molar-refractivity contribution in [3.8, 4) is 11.5 Å². The number of nitro benzene ring substituents is 1. The van der Waals surface area contributed by atoms with Gasteiger partial charge in [0.25, 0.3) is 11.6 Å². The van der Waals surface area contributed by atoms with Crippen molar-refractivity contribution in [1.29, 1.82) is 0 Å². The molecule has 0 radical (unpaired) electrons. The summed E-state index contributed by atoms with van der Waals surface area (Å²) < 4.78 is 6.74. The van der Waals surface area contributed by atoms with E-state index in [2.05, 4.69) is 27.9 Å². The van der Waals surface area contributed by atoms with Crippen molar-refractivity contribution in [3.05, 3.63) is 103 Å². The Morgan fingerprint density at radius 3 is 2.29 bits per heavy atom. The quantitative estimate of drug-likeness (QED) is 0.195. The van der Waals surface area contributed by atoms with Crippen LogP contribution < -0.4 is 10.1 Å². The van der Waals surface area contributed by atoms with Gasteiger partial charge in [-0.05, 0) is 64.6 Å². The Morgan fingerprint density at radius 1 is 1.00 bits per heavy atom. The summed E-state index contributed by atoms with van der Waals surface area (Å²) in [7, 11) is 0. The molecule has 0 saturated carbocycles. The van der Waals surface area contributed by atoms with E-state index >= 15 is 0 Å². The lowest BCUT2D eigenvalue weighted by Crippen LogP contribution is -2.27. The van der Waals surface area contributed by atoms with Gasteiger partial charge in [0.1, 0.15) is 22.8 Å². The average molecular weight is 530 g/mol. The van der Waals surface area contributed by atoms with Crippen LogP contribution in [0.1, 0.15) is 15.9 Å². The third-order valence-electron chi connectivity index (χ3n) is 4.08. The number of nitro groups is 1. The summed E-state index contributed by atoms with van der Waals surface area (Å²) >= 11 is 2.16. The smallest absolute Gasteiger partial charge is 0.352 e. The molecule has 8 nitrogen and oxygen atoms in total. The number of carboxylic acid groups (broad SMARTS) is 1. The van der Waals surface area contributed by atoms with E-state index in [9.17, 15) is 24.8 Å². The second kappa shape index (κ2) is 9.85. The zero-order valence-electron chi connectivity index (χ0n) is 15.8. The second-order valence-electron chi connectivity index (χ2n) is 6.19. The molecule has 3 aromatic rings. The zero-order valence-corrected chi connectivity index (χ0v) is 18.0. The summed E-state index contributed by atoms with van der Waals surface area (Å²) in [6.45, 7) is 0. The minimum Gasteiger partial charge on any atom is -0.477 e. The van der Waals surface area contributed by atoms with Crippen molar-refractivity contribution >= 4 is 46.2 Å². The first-order valence-corrected chi connectivity index (χ1v) is 9.95. The Morgan fingerprint density at radius 2 is 1.65 bits per heavy atom. The topological polar surface area (TPSA) is 119 Å². The van der Waals surface area contributed by atoms with Gasteiger partial charge in [-0.15, -0.1) is 0 Å². The van der Waals surface area contributed by atoms with Crippen molar-refractivity contribution in [2.24, 2.45) is 0 Å². The molecule has 3 aromatic carbocycles. The molecule has 0 spiro atoms. The minimum atomic E-state index is -1.38. The van der Waals surface area contributed by atoms with E-state index in [0.29, 0.717) is 17.1 Å². The fraction of sp³-hybridized carbons (Fsp3) is 0. The van der Waals surface area contributed by atoms with Crippen LogP contribution in [0.15, 0.2) is 78.5 Å². The first-order valence-electron chi connectivity index (χ1n) is 8.87. The maximum atomic E-state index is 12.4. The number of amides is 1. The van der Waals surface area contributed by atoms with Gasteiger partial charge in [0.05, 0.1) is 8.49 Å². The molecule has 0 unspecified atom stereocenters. The largest absolute Gasteiger partial charge is 0.477 e. The Hall–Kier alpha value is -3.73. The van der Waals surface area contributed by atoms with Crippen molar-refractivity contribution in [2.75, 3.05) is 0 Å². The maximum Gasteiger partial charge on any atom is 0.352 e. The summed E-state index contributed by atoms with van der Waals surface area (Å²) in [5, 5.41) is 22.8. The Labute approximate surface area is 190 Å². The third kappa shape index (κ3) is 5.66. The molecule has 3 rings (SSSR count). The number of carboxylic acids is 1. The molecule has 0 heterocycles. The minimum absolute atomic E-state index is 0.235. The molecule has 0 aliphatic carbocycles. The first-order chi connectivity index (χ1) is 14.8. The highest BCUT2D eigenvalue weighted by Crippen LogP contribution is 2.26. The highest BCUT2D eigenvalue weighted by atomic mass is 127. The number of para-hydroxylation sites is 2. The number of rotatable bonds is 7. The van der Waals surface area contributed by atoms with Crippen LogP contribution in [0, 0.1) is 13.7 Å². The Kier molecular flexibility index (Phi) is 6.98. The van der Waals surface area contributed by atoms with E-state index in [1.807, 2.05) is 24.3 Å². The first kappa shape index (κ1) is 22.0. The van der Waals surface area contributed by atoms with E-state index in [-0.39, 0.29) is 5.56 Å². The van der Waals surface area contributed by atoms with Gasteiger partial charge in [0.15, 0.2) is 0 Å². The lowest BCUT2D eigenvalue weighted by atomic mass is 10.1. The fourth-order valence-corrected chi connectivity index (χ4v) is 3.12. The molecule has 2 N–H and O–H groups in total. The normalized spacial score (nSPS) is 10.9. The molecule has 0 fully saturated rings. The number of nitrogens with zero attached hydrogens (tertiary/aromatic N) is 1. The second-order valence-corrected chi connectivity index (χ2v) is 7.36. The summed E-state index contributed by atoms with van der Waals surface area (Å²) in [6, 6.07) is 19.4. The molecule has 0 atom stereocenters. The molecule has 1 amide bonds. The summed E-state index contributed by atoms with van der Waals surface area (Å²) in [4.78, 5) is 34.4. The van der Waals surface area contributed by atoms with Crippen LogP contribution in [0.25, 0.3) is 6.08 Å². The predicted molar refractivity (Wildman–Crippen MR) is 122 cm³/mol. The van der Waals surface area contributed by atoms with E-state index < -0.39 is 28.2 Å². The standard InChI is InChI=1S/C22H15IN2O6/c23-17-6-2-4-8-20(17)31-15-11-9-14(10-12-15)13-18(22(27)28)24-21(26)16-5-1-3-7-19(16)25(29)30/h1-13H,(H,24,26)(H,27,28)/b18-13-. The molecule has 0 aromatic heterocycles. The molecule has 0 aliphatic rings. The Balaban J connectivity index is 1.79. The van der Waals surface area contributed by atoms with Crippen LogP contribution in [0.4, 0.5) is 5.69 Å². The predicted octanol–water partition coefficient (Wildman–Crippen LogP) is 4.85. The van der Waals surface area contributed by atoms with Crippen molar-refractivity contribution in [1.82, 2.24) is 5.32 Å². The summed E-state index contributed by atoms with van der Waals surface area (Å²) in [5.41, 5.74) is -0.576. The van der Waals surface area contributed by atoms with Crippen LogP contribution in [-0.4, -0.2) is 21.9 Å². The van der Waals surface area contributed by atoms with Crippen LogP contribution in [0.5, 0.6) is 11.5 Å². The van der Waals surface area contributed by atoms with Gasteiger partial charge in [-0.2, -0.15) is 0 Å². The summed E-state index contributed by atoms with van der Waals surface area (Å²) in [5.74, 6) is -1.03. The lowest BCUT2D eigenvalue weighted by Gasteiger charge is -2.09. The number of hydrogen-bond donors (Lipinski definition) is 2. The Bertz CT molecular complexity index is 1170. The highest BCUT2D eigenvalue weighted by Gasteiger charge is 2.21. The van der Waals surface area contributed by atoms with Crippen LogP contribution in [-0.2, 0) is 4.79 Å². The number of benzene rings is 3. The molecule has 9 heteroatoms. The highest BCUT2D eigenvalue weighted by molar-refractivity contribution is 14.1.